The van der Waals surface area contributed by atoms with Crippen LogP contribution in [0.5, 0.6) is 11.5 Å². The minimum atomic E-state index is 0.217. The van der Waals surface area contributed by atoms with Crippen molar-refractivity contribution >= 4 is 20.1 Å². The molecule has 0 amide bonds. The maximum atomic E-state index is 9.09. The molecule has 2 aliphatic rings. The number of pyridine rings is 1. The molecule has 31 heavy (non-hydrogen) atoms. The lowest BCUT2D eigenvalue weighted by Gasteiger charge is -2.39. The molecule has 2 fully saturated rings. The Morgan fingerprint density at radius 1 is 1.19 bits per heavy atom. The molecule has 1 N–H and O–H groups in total. The van der Waals surface area contributed by atoms with Gasteiger partial charge in [0.15, 0.2) is 11.5 Å². The minimum absolute atomic E-state index is 0.217. The molecule has 1 aliphatic heterocycles. The molecule has 6 nitrogen and oxygen atoms in total. The second-order valence-electron chi connectivity index (χ2n) is 8.40. The highest BCUT2D eigenvalue weighted by molar-refractivity contribution is 7.21. The topological polar surface area (TPSA) is 70.4 Å². The Hall–Kier alpha value is -2.61. The molecule has 7 heteroatoms. The van der Waals surface area contributed by atoms with E-state index in [2.05, 4.69) is 37.1 Å². The molecule has 0 radical (unpaired) electrons. The lowest BCUT2D eigenvalue weighted by atomic mass is 9.81. The molecule has 2 heterocycles. The first-order chi connectivity index (χ1) is 15.1. The summed E-state index contributed by atoms with van der Waals surface area (Å²) in [6.07, 6.45) is 6.00. The fourth-order valence-electron chi connectivity index (χ4n) is 4.20. The summed E-state index contributed by atoms with van der Waals surface area (Å²) in [5.41, 5.74) is 3.01. The van der Waals surface area contributed by atoms with E-state index in [1.807, 2.05) is 24.3 Å². The van der Waals surface area contributed by atoms with Gasteiger partial charge in [-0.2, -0.15) is 5.26 Å². The van der Waals surface area contributed by atoms with Gasteiger partial charge in [-0.05, 0) is 62.4 Å². The third-order valence-corrected chi connectivity index (χ3v) is 6.72. The highest BCUT2D eigenvalue weighted by Crippen LogP contribution is 2.36. The Morgan fingerprint density at radius 2 is 1.97 bits per heavy atom. The summed E-state index contributed by atoms with van der Waals surface area (Å²) in [5.74, 6) is 2.99. The average Bonchev–Trinajstić information content (AvgIpc) is 2.76. The molecule has 1 aliphatic carbocycles. The smallest absolute Gasteiger partial charge is 0.161 e. The van der Waals surface area contributed by atoms with Crippen LogP contribution in [0, 0.1) is 24.2 Å². The zero-order valence-corrected chi connectivity index (χ0v) is 19.1. The first-order valence-corrected chi connectivity index (χ1v) is 11.3. The maximum Gasteiger partial charge on any atom is 0.161 e. The number of rotatable bonds is 7. The minimum Gasteiger partial charge on any atom is -0.493 e. The van der Waals surface area contributed by atoms with E-state index in [-0.39, 0.29) is 6.10 Å². The Morgan fingerprint density at radius 3 is 2.68 bits per heavy atom. The summed E-state index contributed by atoms with van der Waals surface area (Å²) < 4.78 is 11.6. The fraction of sp³-hybridized carbons (Fsp3) is 0.458. The second-order valence-corrected chi connectivity index (χ2v) is 8.94. The molecular weight excluding hydrogens is 407 g/mol. The summed E-state index contributed by atoms with van der Waals surface area (Å²) in [4.78, 5) is 6.68. The van der Waals surface area contributed by atoms with Crippen LogP contribution >= 0.6 is 8.86 Å². The number of hydrogen-bond acceptors (Lipinski definition) is 5. The summed E-state index contributed by atoms with van der Waals surface area (Å²) in [6.45, 7) is 3.93. The number of aryl methyl sites for hydroxylation is 1. The van der Waals surface area contributed by atoms with Gasteiger partial charge in [-0.25, -0.2) is 4.98 Å². The largest absolute Gasteiger partial charge is 0.493 e. The van der Waals surface area contributed by atoms with Crippen LogP contribution in [0.4, 0.5) is 5.82 Å². The Labute approximate surface area is 186 Å². The van der Waals surface area contributed by atoms with Gasteiger partial charge in [0.2, 0.25) is 0 Å². The van der Waals surface area contributed by atoms with Crippen molar-refractivity contribution in [3.63, 3.8) is 0 Å². The van der Waals surface area contributed by atoms with Crippen molar-refractivity contribution in [3.8, 4) is 17.6 Å². The zero-order chi connectivity index (χ0) is 21.8. The van der Waals surface area contributed by atoms with Crippen molar-refractivity contribution in [2.75, 3.05) is 25.1 Å². The van der Waals surface area contributed by atoms with Gasteiger partial charge in [-0.15, -0.1) is 8.86 Å². The number of ether oxygens (including phenoxy) is 2. The van der Waals surface area contributed by atoms with Crippen LogP contribution in [0.1, 0.15) is 36.8 Å². The van der Waals surface area contributed by atoms with Gasteiger partial charge in [0.25, 0.3) is 0 Å². The van der Waals surface area contributed by atoms with Gasteiger partial charge in [-0.3, -0.25) is 5.32 Å². The highest BCUT2D eigenvalue weighted by Gasteiger charge is 2.34. The normalized spacial score (nSPS) is 21.1. The van der Waals surface area contributed by atoms with E-state index in [9.17, 15) is 0 Å². The number of methoxy groups -OCH3 is 1. The van der Waals surface area contributed by atoms with Crippen LogP contribution in [0.15, 0.2) is 36.5 Å². The molecule has 1 aromatic heterocycles. The van der Waals surface area contributed by atoms with Gasteiger partial charge < -0.3 is 14.4 Å². The molecule has 0 atom stereocenters. The van der Waals surface area contributed by atoms with E-state index >= 15 is 0 Å². The standard InChI is InChI=1S/C24H29N4O2P/c1-16-3-4-21(29-2)22(11-16)30-20-13-18(14-20)24(31)27-19-6-9-28(10-7-19)23-12-17(15-25)5-8-26-23/h3-5,8,11-12,18-20,27,31H,6-7,9-10,13-14H2,1-2H3. The van der Waals surface area contributed by atoms with Crippen LogP contribution in [0.2, 0.25) is 0 Å². The maximum absolute atomic E-state index is 9.09. The number of nitrogens with one attached hydrogen (secondary N) is 1. The lowest BCUT2D eigenvalue weighted by molar-refractivity contribution is 0.0898. The molecule has 1 aromatic carbocycles. The summed E-state index contributed by atoms with van der Waals surface area (Å²) in [7, 11) is 5.52. The Bertz CT molecular complexity index is 976. The number of hydrogen-bond donors (Lipinski definition) is 1. The van der Waals surface area contributed by atoms with Gasteiger partial charge >= 0.3 is 0 Å². The molecule has 1 saturated carbocycles. The number of anilines is 1. The molecule has 0 bridgehead atoms. The molecule has 1 saturated heterocycles. The SMILES string of the molecule is COc1ccc(C)cc1OC1CC(C(=P)NC2CCN(c3cc(C#N)ccn3)CC2)C1. The molecule has 0 unspecified atom stereocenters. The zero-order valence-electron chi connectivity index (χ0n) is 18.1. The molecule has 162 valence electrons. The molecule has 2 aromatic rings. The average molecular weight is 436 g/mol. The number of nitriles is 1. The summed E-state index contributed by atoms with van der Waals surface area (Å²) >= 11 is 0. The third-order valence-electron chi connectivity index (χ3n) is 6.17. The third kappa shape index (κ3) is 5.18. The molecule has 0 spiro atoms. The van der Waals surface area contributed by atoms with Crippen LogP contribution in [-0.2, 0) is 0 Å². The second kappa shape index (κ2) is 9.68. The molecule has 4 rings (SSSR count). The predicted molar refractivity (Wildman–Crippen MR) is 126 cm³/mol. The Kier molecular flexibility index (Phi) is 6.75. The van der Waals surface area contributed by atoms with E-state index < -0.39 is 0 Å². The predicted octanol–water partition coefficient (Wildman–Crippen LogP) is 3.96. The Balaban J connectivity index is 1.22. The lowest BCUT2D eigenvalue weighted by Crippen LogP contribution is -2.49. The first-order valence-electron chi connectivity index (χ1n) is 10.8. The number of benzene rings is 1. The van der Waals surface area contributed by atoms with Crippen LogP contribution in [-0.4, -0.2) is 42.7 Å². The van der Waals surface area contributed by atoms with Crippen molar-refractivity contribution in [3.05, 3.63) is 47.7 Å². The van der Waals surface area contributed by atoms with Crippen LogP contribution < -0.4 is 19.7 Å². The highest BCUT2D eigenvalue weighted by atomic mass is 31.0. The van der Waals surface area contributed by atoms with E-state index in [4.69, 9.17) is 14.7 Å². The van der Waals surface area contributed by atoms with Crippen LogP contribution in [0.3, 0.4) is 0 Å². The van der Waals surface area contributed by atoms with E-state index in [0.29, 0.717) is 17.5 Å². The summed E-state index contributed by atoms with van der Waals surface area (Å²) in [5, 5.41) is 12.8. The van der Waals surface area contributed by atoms with Gasteiger partial charge in [-0.1, -0.05) is 6.07 Å². The van der Waals surface area contributed by atoms with Crippen molar-refractivity contribution in [1.29, 1.82) is 5.26 Å². The van der Waals surface area contributed by atoms with E-state index in [1.165, 1.54) is 11.0 Å². The first kappa shape index (κ1) is 21.6. The van der Waals surface area contributed by atoms with Crippen molar-refractivity contribution < 1.29 is 9.47 Å². The van der Waals surface area contributed by atoms with E-state index in [0.717, 1.165) is 56.1 Å². The number of aromatic nitrogens is 1. The quantitative estimate of drug-likeness (QED) is 0.663. The monoisotopic (exact) mass is 436 g/mol. The number of piperidine rings is 1. The summed E-state index contributed by atoms with van der Waals surface area (Å²) in [6, 6.07) is 12.3. The van der Waals surface area contributed by atoms with Gasteiger partial charge in [0, 0.05) is 36.7 Å². The van der Waals surface area contributed by atoms with Crippen molar-refractivity contribution in [1.82, 2.24) is 10.3 Å². The number of nitrogens with zero attached hydrogens (tertiary/aromatic N) is 3. The van der Waals surface area contributed by atoms with Crippen molar-refractivity contribution in [2.24, 2.45) is 5.92 Å². The van der Waals surface area contributed by atoms with Gasteiger partial charge in [0.05, 0.1) is 18.7 Å². The van der Waals surface area contributed by atoms with E-state index in [1.54, 1.807) is 19.4 Å². The van der Waals surface area contributed by atoms with Crippen LogP contribution in [0.25, 0.3) is 0 Å². The fourth-order valence-corrected chi connectivity index (χ4v) is 4.64. The molecular formula is C24H29N4O2P. The van der Waals surface area contributed by atoms with Crippen molar-refractivity contribution in [2.45, 2.75) is 44.8 Å². The van der Waals surface area contributed by atoms with Gasteiger partial charge in [0.1, 0.15) is 11.9 Å².